The fraction of sp³-hybridized carbons (Fsp3) is 0.846. The molecule has 2 nitrogen and oxygen atoms in total. The Labute approximate surface area is 94.4 Å². The Balaban J connectivity index is 2.23. The SMILES string of the molecule is C#CCC(C)NC1CCN(C(C)C)CC1. The van der Waals surface area contributed by atoms with Gasteiger partial charge in [-0.2, -0.15) is 0 Å². The number of hydrogen-bond donors (Lipinski definition) is 1. The lowest BCUT2D eigenvalue weighted by molar-refractivity contribution is 0.157. The van der Waals surface area contributed by atoms with E-state index in [2.05, 4.69) is 36.9 Å². The van der Waals surface area contributed by atoms with Crippen LogP contribution < -0.4 is 5.32 Å². The maximum absolute atomic E-state index is 5.30. The van der Waals surface area contributed by atoms with Gasteiger partial charge in [0.2, 0.25) is 0 Å². The molecule has 0 aromatic rings. The number of terminal acetylenes is 1. The van der Waals surface area contributed by atoms with Crippen molar-refractivity contribution in [1.29, 1.82) is 0 Å². The predicted molar refractivity (Wildman–Crippen MR) is 65.8 cm³/mol. The molecular weight excluding hydrogens is 184 g/mol. The Morgan fingerprint density at radius 2 is 1.93 bits per heavy atom. The highest BCUT2D eigenvalue weighted by Crippen LogP contribution is 2.13. The molecule has 0 aliphatic carbocycles. The van der Waals surface area contributed by atoms with E-state index in [-0.39, 0.29) is 0 Å². The van der Waals surface area contributed by atoms with Gasteiger partial charge in [0.15, 0.2) is 0 Å². The zero-order valence-corrected chi connectivity index (χ0v) is 10.3. The summed E-state index contributed by atoms with van der Waals surface area (Å²) in [4.78, 5) is 2.55. The summed E-state index contributed by atoms with van der Waals surface area (Å²) in [5.74, 6) is 2.71. The van der Waals surface area contributed by atoms with E-state index in [4.69, 9.17) is 6.42 Å². The number of piperidine rings is 1. The van der Waals surface area contributed by atoms with Gasteiger partial charge in [0.25, 0.3) is 0 Å². The maximum Gasteiger partial charge on any atom is 0.0238 e. The maximum atomic E-state index is 5.30. The lowest BCUT2D eigenvalue weighted by Gasteiger charge is -2.35. The Bertz CT molecular complexity index is 209. The zero-order chi connectivity index (χ0) is 11.3. The Hall–Kier alpha value is -0.520. The van der Waals surface area contributed by atoms with Crippen molar-refractivity contribution in [2.24, 2.45) is 0 Å². The summed E-state index contributed by atoms with van der Waals surface area (Å²) in [5, 5.41) is 3.61. The fourth-order valence-corrected chi connectivity index (χ4v) is 2.22. The van der Waals surface area contributed by atoms with Gasteiger partial charge in [0.05, 0.1) is 0 Å². The third kappa shape index (κ3) is 4.24. The first-order chi connectivity index (χ1) is 7.13. The van der Waals surface area contributed by atoms with E-state index in [1.807, 2.05) is 0 Å². The average Bonchev–Trinajstić information content (AvgIpc) is 2.18. The van der Waals surface area contributed by atoms with Crippen LogP contribution in [0.1, 0.15) is 40.0 Å². The van der Waals surface area contributed by atoms with Gasteiger partial charge < -0.3 is 10.2 Å². The van der Waals surface area contributed by atoms with E-state index in [9.17, 15) is 0 Å². The van der Waals surface area contributed by atoms with Gasteiger partial charge in [-0.3, -0.25) is 0 Å². The van der Waals surface area contributed by atoms with Gasteiger partial charge in [0.1, 0.15) is 0 Å². The molecule has 0 aromatic carbocycles. The van der Waals surface area contributed by atoms with Gasteiger partial charge in [-0.25, -0.2) is 0 Å². The Morgan fingerprint density at radius 3 is 2.40 bits per heavy atom. The average molecular weight is 208 g/mol. The van der Waals surface area contributed by atoms with Crippen molar-refractivity contribution >= 4 is 0 Å². The molecular formula is C13H24N2. The lowest BCUT2D eigenvalue weighted by atomic mass is 10.0. The molecule has 1 aliphatic rings. The summed E-state index contributed by atoms with van der Waals surface area (Å²) in [6, 6.07) is 1.82. The quantitative estimate of drug-likeness (QED) is 0.709. The van der Waals surface area contributed by atoms with Gasteiger partial charge in [-0.1, -0.05) is 0 Å². The first-order valence-corrected chi connectivity index (χ1v) is 6.07. The van der Waals surface area contributed by atoms with Crippen LogP contribution in [-0.4, -0.2) is 36.1 Å². The van der Waals surface area contributed by atoms with Crippen LogP contribution in [0.4, 0.5) is 0 Å². The summed E-state index contributed by atoms with van der Waals surface area (Å²) in [7, 11) is 0. The summed E-state index contributed by atoms with van der Waals surface area (Å²) < 4.78 is 0. The van der Waals surface area contributed by atoms with E-state index < -0.39 is 0 Å². The van der Waals surface area contributed by atoms with Crippen LogP contribution in [-0.2, 0) is 0 Å². The summed E-state index contributed by atoms with van der Waals surface area (Å²) >= 11 is 0. The van der Waals surface area contributed by atoms with Crippen LogP contribution in [0.15, 0.2) is 0 Å². The highest BCUT2D eigenvalue weighted by Gasteiger charge is 2.21. The third-order valence-corrected chi connectivity index (χ3v) is 3.20. The van der Waals surface area contributed by atoms with Crippen molar-refractivity contribution in [3.63, 3.8) is 0 Å². The molecule has 1 rings (SSSR count). The van der Waals surface area contributed by atoms with E-state index in [1.165, 1.54) is 25.9 Å². The normalized spacial score (nSPS) is 21.5. The molecule has 1 N–H and O–H groups in total. The molecule has 1 aliphatic heterocycles. The second-order valence-electron chi connectivity index (χ2n) is 4.88. The topological polar surface area (TPSA) is 15.3 Å². The minimum atomic E-state index is 0.464. The molecule has 0 amide bonds. The van der Waals surface area contributed by atoms with Crippen molar-refractivity contribution in [2.45, 2.75) is 58.2 Å². The fourth-order valence-electron chi connectivity index (χ4n) is 2.22. The van der Waals surface area contributed by atoms with Gasteiger partial charge >= 0.3 is 0 Å². The summed E-state index contributed by atoms with van der Waals surface area (Å²) in [5.41, 5.74) is 0. The molecule has 2 heteroatoms. The van der Waals surface area contributed by atoms with Crippen LogP contribution in [0.3, 0.4) is 0 Å². The molecule has 0 saturated carbocycles. The largest absolute Gasteiger partial charge is 0.310 e. The van der Waals surface area contributed by atoms with Crippen LogP contribution in [0, 0.1) is 12.3 Å². The summed E-state index contributed by atoms with van der Waals surface area (Å²) in [6.45, 7) is 9.16. The van der Waals surface area contributed by atoms with E-state index in [0.29, 0.717) is 18.1 Å². The number of nitrogens with zero attached hydrogens (tertiary/aromatic N) is 1. The summed E-state index contributed by atoms with van der Waals surface area (Å²) in [6.07, 6.45) is 8.65. The predicted octanol–water partition coefficient (Wildman–Crippen LogP) is 1.86. The second-order valence-corrected chi connectivity index (χ2v) is 4.88. The molecule has 1 atom stereocenters. The zero-order valence-electron chi connectivity index (χ0n) is 10.3. The molecule has 0 spiro atoms. The van der Waals surface area contributed by atoms with Crippen molar-refractivity contribution in [2.75, 3.05) is 13.1 Å². The number of hydrogen-bond acceptors (Lipinski definition) is 2. The third-order valence-electron chi connectivity index (χ3n) is 3.20. The molecule has 1 heterocycles. The Kier molecular flexibility index (Phi) is 5.14. The van der Waals surface area contributed by atoms with Crippen LogP contribution in [0.25, 0.3) is 0 Å². The van der Waals surface area contributed by atoms with E-state index in [0.717, 1.165) is 6.42 Å². The minimum Gasteiger partial charge on any atom is -0.310 e. The molecule has 1 saturated heterocycles. The molecule has 0 aromatic heterocycles. The van der Waals surface area contributed by atoms with Crippen LogP contribution in [0.2, 0.25) is 0 Å². The van der Waals surface area contributed by atoms with Gasteiger partial charge in [0, 0.05) is 24.5 Å². The molecule has 0 bridgehead atoms. The number of likely N-dealkylation sites (tertiary alicyclic amines) is 1. The standard InChI is InChI=1S/C13H24N2/c1-5-6-12(4)14-13-7-9-15(10-8-13)11(2)3/h1,11-14H,6-10H2,2-4H3. The van der Waals surface area contributed by atoms with Gasteiger partial charge in [-0.15, -0.1) is 12.3 Å². The van der Waals surface area contributed by atoms with E-state index in [1.54, 1.807) is 0 Å². The van der Waals surface area contributed by atoms with Crippen LogP contribution in [0.5, 0.6) is 0 Å². The van der Waals surface area contributed by atoms with Crippen molar-refractivity contribution in [3.8, 4) is 12.3 Å². The molecule has 15 heavy (non-hydrogen) atoms. The molecule has 0 radical (unpaired) electrons. The van der Waals surface area contributed by atoms with Gasteiger partial charge in [-0.05, 0) is 46.7 Å². The minimum absolute atomic E-state index is 0.464. The van der Waals surface area contributed by atoms with Crippen molar-refractivity contribution < 1.29 is 0 Å². The first kappa shape index (κ1) is 12.5. The highest BCUT2D eigenvalue weighted by atomic mass is 15.2. The molecule has 1 fully saturated rings. The lowest BCUT2D eigenvalue weighted by Crippen LogP contribution is -2.47. The Morgan fingerprint density at radius 1 is 1.33 bits per heavy atom. The van der Waals surface area contributed by atoms with Crippen LogP contribution >= 0.6 is 0 Å². The number of rotatable bonds is 4. The smallest absolute Gasteiger partial charge is 0.0238 e. The number of nitrogens with one attached hydrogen (secondary N) is 1. The first-order valence-electron chi connectivity index (χ1n) is 6.07. The monoisotopic (exact) mass is 208 g/mol. The van der Waals surface area contributed by atoms with E-state index >= 15 is 0 Å². The second kappa shape index (κ2) is 6.15. The highest BCUT2D eigenvalue weighted by molar-refractivity contribution is 4.90. The molecule has 86 valence electrons. The van der Waals surface area contributed by atoms with Crippen molar-refractivity contribution in [3.05, 3.63) is 0 Å². The molecule has 1 unspecified atom stereocenters. The van der Waals surface area contributed by atoms with Crippen molar-refractivity contribution in [1.82, 2.24) is 10.2 Å².